The number of esters is 4. The number of carbonyl (C=O) groups is 7. The molecule has 18 heteroatoms. The third-order valence-electron chi connectivity index (χ3n) is 18.5. The number of aliphatic hydroxyl groups excluding tert-OH is 1. The molecule has 1 amide bonds. The number of nitrogens with one attached hydrogen (secondary N) is 1. The topological polar surface area (TPSA) is 198 Å². The first-order valence-electron chi connectivity index (χ1n) is 39.2. The van der Waals surface area contributed by atoms with E-state index in [-0.39, 0.29) is 59.4 Å². The SMILES string of the molecule is CC(=O)OCC1c2ccccc2-c2ccccc21.CCCCCCCCCCCCC(=O)SCC/C=C/[C@@H](O)CC(=O)OCC[Si](C)(C)C.CCCCCCCCCCCCC(=O)SCC/C=C/[C@H](CC(=O)OCC[Si](C)(C)C)OC(=O)[C@@H](NC(=O)OCC1c2ccccc2-c2ccccc21)C(C)C. The molecule has 0 fully saturated rings. The molecular weight excluding hydrogens is 1380 g/mol. The van der Waals surface area contributed by atoms with Gasteiger partial charge in [0.1, 0.15) is 25.4 Å². The molecule has 0 aromatic heterocycles. The summed E-state index contributed by atoms with van der Waals surface area (Å²) in [4.78, 5) is 86.6. The number of alkyl carbamates (subject to hydrolysis) is 1. The number of ether oxygens (including phenoxy) is 5. The van der Waals surface area contributed by atoms with Crippen molar-refractivity contribution in [1.29, 1.82) is 0 Å². The summed E-state index contributed by atoms with van der Waals surface area (Å²) >= 11 is 2.70. The number of unbranched alkanes of at least 4 members (excludes halogenated alkanes) is 18. The molecule has 6 rings (SSSR count). The van der Waals surface area contributed by atoms with Crippen molar-refractivity contribution >= 4 is 79.9 Å². The zero-order chi connectivity index (χ0) is 76.0. The third-order valence-corrected chi connectivity index (χ3v) is 23.8. The standard InChI is InChI=1S/C45H67NO7SSi.C25H48O4SSi.C16H14O2/c1-7-8-9-10-11-12-13-14-15-16-28-42(48)54-30-22-21-23-35(32-41(47)51-29-31-55(4,5)6)53-44(49)43(34(2)3)46-45(50)52-33-40-38-26-19-17-24-36(38)37-25-18-20-27-39(37)40;1-5-6-7-8-9-10-11-12-13-14-18-25(28)30-20-16-15-17-23(26)22-24(27)29-19-21-31(2,3)4;1-11(17)18-10-16-14-8-4-2-6-12(14)13-7-3-5-9-15(13)16/h17-21,23-27,34-35,40,43H,7-16,22,28-33H2,1-6H3,(H,46,50);15,17,23,26H,5-14,16,18-22H2,1-4H3;2-9,16H,10H2,1H3/b23-21+;17-15+;/t35-,43+;23-;/m11./s1. The molecule has 576 valence electrons. The Bertz CT molecular complexity index is 3140. The zero-order valence-electron chi connectivity index (χ0n) is 65.2. The van der Waals surface area contributed by atoms with Crippen molar-refractivity contribution < 1.29 is 62.4 Å². The van der Waals surface area contributed by atoms with Crippen LogP contribution in [0.3, 0.4) is 0 Å². The van der Waals surface area contributed by atoms with E-state index in [1.54, 1.807) is 12.2 Å². The largest absolute Gasteiger partial charge is 0.466 e. The summed E-state index contributed by atoms with van der Waals surface area (Å²) in [7, 11) is -2.61. The molecule has 0 saturated carbocycles. The first kappa shape index (κ1) is 90.3. The summed E-state index contributed by atoms with van der Waals surface area (Å²) in [5.41, 5.74) is 9.46. The van der Waals surface area contributed by atoms with Gasteiger partial charge < -0.3 is 34.1 Å². The van der Waals surface area contributed by atoms with Gasteiger partial charge in [-0.25, -0.2) is 9.59 Å². The van der Waals surface area contributed by atoms with Crippen molar-refractivity contribution in [3.8, 4) is 22.3 Å². The van der Waals surface area contributed by atoms with E-state index in [4.69, 9.17) is 23.7 Å². The van der Waals surface area contributed by atoms with E-state index in [0.717, 1.165) is 72.2 Å². The van der Waals surface area contributed by atoms with Gasteiger partial charge in [-0.15, -0.1) is 0 Å². The fraction of sp³-hybridized carbons (Fsp3) is 0.593. The van der Waals surface area contributed by atoms with E-state index < -0.39 is 52.4 Å². The number of hydrogen-bond donors (Lipinski definition) is 2. The van der Waals surface area contributed by atoms with Crippen LogP contribution >= 0.6 is 23.5 Å². The van der Waals surface area contributed by atoms with Gasteiger partial charge in [0.05, 0.1) is 32.2 Å². The highest BCUT2D eigenvalue weighted by atomic mass is 32.2. The van der Waals surface area contributed by atoms with Gasteiger partial charge in [-0.05, 0) is 94.3 Å². The minimum absolute atomic E-state index is 0.00693. The second-order valence-electron chi connectivity index (χ2n) is 30.5. The Labute approximate surface area is 636 Å². The molecule has 0 saturated heterocycles. The molecule has 2 aliphatic carbocycles. The van der Waals surface area contributed by atoms with E-state index >= 15 is 0 Å². The Balaban J connectivity index is 0.000000387. The molecule has 14 nitrogen and oxygen atoms in total. The minimum atomic E-state index is -1.40. The van der Waals surface area contributed by atoms with Crippen LogP contribution in [0.2, 0.25) is 51.4 Å². The number of thioether (sulfide) groups is 2. The van der Waals surface area contributed by atoms with E-state index in [1.165, 1.54) is 155 Å². The Morgan fingerprint density at radius 1 is 0.481 bits per heavy atom. The zero-order valence-corrected chi connectivity index (χ0v) is 68.8. The third kappa shape index (κ3) is 38.5. The predicted molar refractivity (Wildman–Crippen MR) is 436 cm³/mol. The number of carbonyl (C=O) groups excluding carboxylic acids is 7. The maximum atomic E-state index is 13.5. The van der Waals surface area contributed by atoms with Crippen LogP contribution < -0.4 is 5.32 Å². The number of benzene rings is 4. The van der Waals surface area contributed by atoms with Crippen molar-refractivity contribution in [2.24, 2.45) is 5.92 Å². The second-order valence-corrected chi connectivity index (χ2v) is 44.0. The van der Waals surface area contributed by atoms with Crippen molar-refractivity contribution in [3.63, 3.8) is 0 Å². The Kier molecular flexibility index (Phi) is 45.2. The van der Waals surface area contributed by atoms with Crippen LogP contribution in [0, 0.1) is 5.92 Å². The molecule has 2 N–H and O–H groups in total. The lowest BCUT2D eigenvalue weighted by atomic mass is 9.98. The van der Waals surface area contributed by atoms with E-state index in [2.05, 4.69) is 107 Å². The van der Waals surface area contributed by atoms with Crippen molar-refractivity contribution in [1.82, 2.24) is 5.32 Å². The van der Waals surface area contributed by atoms with Crippen LogP contribution in [0.4, 0.5) is 4.79 Å². The quantitative estimate of drug-likeness (QED) is 0.0139. The first-order valence-corrected chi connectivity index (χ1v) is 48.6. The van der Waals surface area contributed by atoms with E-state index in [0.29, 0.717) is 44.8 Å². The van der Waals surface area contributed by atoms with Gasteiger partial charge in [0, 0.05) is 59.3 Å². The summed E-state index contributed by atoms with van der Waals surface area (Å²) in [6.07, 6.45) is 32.2. The fourth-order valence-corrected chi connectivity index (χ4v) is 15.3. The molecular formula is C86H129NO13S2Si2. The Morgan fingerprint density at radius 2 is 0.837 bits per heavy atom. The van der Waals surface area contributed by atoms with Gasteiger partial charge in [0.25, 0.3) is 0 Å². The van der Waals surface area contributed by atoms with Crippen LogP contribution in [0.5, 0.6) is 0 Å². The van der Waals surface area contributed by atoms with E-state index in [9.17, 15) is 38.7 Å². The molecule has 0 unspecified atom stereocenters. The molecule has 0 radical (unpaired) electrons. The van der Waals surface area contributed by atoms with E-state index in [1.807, 2.05) is 74.5 Å². The lowest BCUT2D eigenvalue weighted by Gasteiger charge is -2.24. The van der Waals surface area contributed by atoms with Crippen LogP contribution in [-0.2, 0) is 52.5 Å². The Hall–Kier alpha value is -6.06. The average molecular weight is 1510 g/mol. The molecule has 0 spiro atoms. The number of aliphatic hydroxyl groups is 1. The van der Waals surface area contributed by atoms with Crippen molar-refractivity contribution in [3.05, 3.63) is 144 Å². The fourth-order valence-electron chi connectivity index (χ4n) is 12.4. The number of rotatable bonds is 48. The average Bonchev–Trinajstić information content (AvgIpc) is 1.63. The van der Waals surface area contributed by atoms with Gasteiger partial charge in [0.2, 0.25) is 0 Å². The monoisotopic (exact) mass is 1500 g/mol. The van der Waals surface area contributed by atoms with Gasteiger partial charge in [-0.2, -0.15) is 0 Å². The number of amides is 1. The van der Waals surface area contributed by atoms with Gasteiger partial charge in [-0.1, -0.05) is 321 Å². The summed E-state index contributed by atoms with van der Waals surface area (Å²) in [6.45, 7) is 24.2. The first-order chi connectivity index (χ1) is 49.9. The second kappa shape index (κ2) is 52.0. The number of hydrogen-bond acceptors (Lipinski definition) is 15. The van der Waals surface area contributed by atoms with Gasteiger partial charge >= 0.3 is 30.0 Å². The molecule has 0 heterocycles. The number of allylic oxidation sites excluding steroid dienone is 2. The normalized spacial score (nSPS) is 13.3. The molecule has 0 aliphatic heterocycles. The lowest BCUT2D eigenvalue weighted by molar-refractivity contribution is -0.155. The van der Waals surface area contributed by atoms with Crippen LogP contribution in [0.1, 0.15) is 236 Å². The maximum absolute atomic E-state index is 13.5. The highest BCUT2D eigenvalue weighted by Crippen LogP contribution is 2.46. The summed E-state index contributed by atoms with van der Waals surface area (Å²) in [5, 5.41) is 13.1. The summed E-state index contributed by atoms with van der Waals surface area (Å²) in [6, 6.07) is 33.6. The molecule has 0 bridgehead atoms. The van der Waals surface area contributed by atoms with Crippen LogP contribution in [0.25, 0.3) is 22.3 Å². The van der Waals surface area contributed by atoms with Crippen molar-refractivity contribution in [2.75, 3.05) is 37.9 Å². The molecule has 104 heavy (non-hydrogen) atoms. The lowest BCUT2D eigenvalue weighted by Crippen LogP contribution is -2.46. The maximum Gasteiger partial charge on any atom is 0.407 e. The Morgan fingerprint density at radius 3 is 1.21 bits per heavy atom. The van der Waals surface area contributed by atoms with Gasteiger partial charge in [-0.3, -0.25) is 24.0 Å². The summed E-state index contributed by atoms with van der Waals surface area (Å²) in [5.74, 6) is -0.611. The van der Waals surface area contributed by atoms with Crippen LogP contribution in [-0.4, -0.2) is 118 Å². The highest BCUT2D eigenvalue weighted by molar-refractivity contribution is 8.13. The van der Waals surface area contributed by atoms with Crippen molar-refractivity contribution in [2.45, 2.75) is 283 Å². The number of fused-ring (bicyclic) bond motifs is 6. The molecule has 2 aliphatic rings. The highest BCUT2D eigenvalue weighted by Gasteiger charge is 2.33. The molecule has 3 atom stereocenters. The molecule has 4 aromatic carbocycles. The molecule has 4 aromatic rings. The smallest absolute Gasteiger partial charge is 0.407 e. The predicted octanol–water partition coefficient (Wildman–Crippen LogP) is 21.7. The van der Waals surface area contributed by atoms with Gasteiger partial charge in [0.15, 0.2) is 10.2 Å². The summed E-state index contributed by atoms with van der Waals surface area (Å²) < 4.78 is 27.5. The minimum Gasteiger partial charge on any atom is -0.466 e. The van der Waals surface area contributed by atoms with Crippen LogP contribution in [0.15, 0.2) is 121 Å².